The third-order valence-electron chi connectivity index (χ3n) is 6.81. The normalized spacial score (nSPS) is 20.8. The second kappa shape index (κ2) is 9.21. The smallest absolute Gasteiger partial charge is 0.255 e. The van der Waals surface area contributed by atoms with E-state index in [1.807, 2.05) is 31.4 Å². The maximum absolute atomic E-state index is 14.6. The van der Waals surface area contributed by atoms with E-state index in [1.54, 1.807) is 0 Å². The minimum Gasteiger partial charge on any atom is -0.369 e. The van der Waals surface area contributed by atoms with Crippen LogP contribution in [-0.2, 0) is 22.7 Å². The fourth-order valence-corrected chi connectivity index (χ4v) is 4.96. The van der Waals surface area contributed by atoms with Crippen molar-refractivity contribution in [2.45, 2.75) is 32.0 Å². The highest BCUT2D eigenvalue weighted by molar-refractivity contribution is 6.06. The molecule has 1 aromatic heterocycles. The average molecular weight is 482 g/mol. The van der Waals surface area contributed by atoms with Crippen molar-refractivity contribution in [3.8, 4) is 0 Å². The van der Waals surface area contributed by atoms with Crippen molar-refractivity contribution in [1.82, 2.24) is 25.1 Å². The zero-order valence-corrected chi connectivity index (χ0v) is 19.8. The number of fused-ring (bicyclic) bond motifs is 1. The van der Waals surface area contributed by atoms with E-state index in [9.17, 15) is 18.8 Å². The fourth-order valence-electron chi connectivity index (χ4n) is 4.96. The van der Waals surface area contributed by atoms with E-state index in [0.29, 0.717) is 30.3 Å². The lowest BCUT2D eigenvalue weighted by molar-refractivity contribution is -0.136. The number of amides is 3. The number of rotatable bonds is 5. The van der Waals surface area contributed by atoms with Crippen molar-refractivity contribution in [3.05, 3.63) is 47.0 Å². The number of piperidine rings is 1. The highest BCUT2D eigenvalue weighted by Crippen LogP contribution is 2.35. The summed E-state index contributed by atoms with van der Waals surface area (Å²) in [5.74, 6) is -0.979. The number of piperazine rings is 1. The first-order valence-electron chi connectivity index (χ1n) is 11.7. The Morgan fingerprint density at radius 2 is 1.80 bits per heavy atom. The zero-order valence-electron chi connectivity index (χ0n) is 19.8. The number of aromatic nitrogens is 2. The molecule has 1 N–H and O–H groups in total. The molecule has 0 aliphatic carbocycles. The number of carbonyl (C=O) groups excluding carboxylic acids is 3. The fraction of sp³-hybridized carbons (Fsp3) is 0.458. The van der Waals surface area contributed by atoms with Crippen molar-refractivity contribution in [2.24, 2.45) is 0 Å². The molecule has 3 amide bonds. The van der Waals surface area contributed by atoms with Crippen molar-refractivity contribution in [3.63, 3.8) is 0 Å². The van der Waals surface area contributed by atoms with Crippen LogP contribution >= 0.6 is 0 Å². The van der Waals surface area contributed by atoms with Gasteiger partial charge in [-0.1, -0.05) is 0 Å². The van der Waals surface area contributed by atoms with Crippen LogP contribution in [0.25, 0.3) is 0 Å². The zero-order chi connectivity index (χ0) is 24.7. The second-order valence-corrected chi connectivity index (χ2v) is 9.40. The van der Waals surface area contributed by atoms with Gasteiger partial charge in [0.15, 0.2) is 0 Å². The van der Waals surface area contributed by atoms with E-state index in [2.05, 4.69) is 25.1 Å². The number of carbonyl (C=O) groups is 3. The summed E-state index contributed by atoms with van der Waals surface area (Å²) < 4.78 is 14.6. The summed E-state index contributed by atoms with van der Waals surface area (Å²) in [6.07, 6.45) is 4.13. The lowest BCUT2D eigenvalue weighted by atomic mass is 10.0. The van der Waals surface area contributed by atoms with Crippen molar-refractivity contribution >= 4 is 29.4 Å². The first-order chi connectivity index (χ1) is 16.8. The molecule has 10 nitrogen and oxygen atoms in total. The summed E-state index contributed by atoms with van der Waals surface area (Å²) in [6.45, 7) is 3.85. The van der Waals surface area contributed by atoms with E-state index in [0.717, 1.165) is 30.8 Å². The van der Waals surface area contributed by atoms with Crippen molar-refractivity contribution in [2.75, 3.05) is 50.1 Å². The summed E-state index contributed by atoms with van der Waals surface area (Å²) in [5.41, 5.74) is 2.76. The highest BCUT2D eigenvalue weighted by atomic mass is 19.1. The number of benzene rings is 1. The molecule has 1 atom stereocenters. The summed E-state index contributed by atoms with van der Waals surface area (Å²) in [6, 6.07) is 2.01. The number of nitrogens with zero attached hydrogens (tertiary/aromatic N) is 6. The van der Waals surface area contributed by atoms with E-state index in [4.69, 9.17) is 0 Å². The molecule has 184 valence electrons. The molecule has 1 unspecified atom stereocenters. The lowest BCUT2D eigenvalue weighted by Crippen LogP contribution is -2.52. The minimum absolute atomic E-state index is 0.183. The van der Waals surface area contributed by atoms with Crippen LogP contribution in [0.5, 0.6) is 0 Å². The van der Waals surface area contributed by atoms with Gasteiger partial charge < -0.3 is 14.7 Å². The standard InChI is InChI=1S/C24H28FN7O3/c1-29(2)24-26-11-15(12-27-24)13-30-5-7-31(8-6-30)20-10-16(25)9-17-18(20)14-32(23(17)35)19-3-4-21(33)28-22(19)34/h9-12,19H,3-8,13-14H2,1-2H3,(H,28,33,34). The molecule has 4 heterocycles. The Hall–Kier alpha value is -3.60. The Morgan fingerprint density at radius 1 is 1.09 bits per heavy atom. The van der Waals surface area contributed by atoms with Gasteiger partial charge in [0.25, 0.3) is 5.91 Å². The van der Waals surface area contributed by atoms with Crippen LogP contribution in [0, 0.1) is 5.82 Å². The summed E-state index contributed by atoms with van der Waals surface area (Å²) >= 11 is 0. The number of halogens is 1. The first-order valence-corrected chi connectivity index (χ1v) is 11.7. The molecule has 2 saturated heterocycles. The Labute approximate surface area is 202 Å². The van der Waals surface area contributed by atoms with Crippen LogP contribution < -0.4 is 15.1 Å². The van der Waals surface area contributed by atoms with Gasteiger partial charge in [-0.05, 0) is 18.6 Å². The summed E-state index contributed by atoms with van der Waals surface area (Å²) in [5, 5.41) is 2.30. The molecule has 3 aliphatic rings. The van der Waals surface area contributed by atoms with Gasteiger partial charge in [0.05, 0.1) is 0 Å². The molecular weight excluding hydrogens is 453 g/mol. The van der Waals surface area contributed by atoms with Crippen LogP contribution in [0.4, 0.5) is 16.0 Å². The Bertz CT molecular complexity index is 1160. The van der Waals surface area contributed by atoms with Gasteiger partial charge >= 0.3 is 0 Å². The molecule has 0 saturated carbocycles. The van der Waals surface area contributed by atoms with Crippen LogP contribution in [0.1, 0.15) is 34.3 Å². The number of hydrogen-bond acceptors (Lipinski definition) is 8. The van der Waals surface area contributed by atoms with Gasteiger partial charge in [-0.25, -0.2) is 14.4 Å². The van der Waals surface area contributed by atoms with Gasteiger partial charge in [-0.2, -0.15) is 0 Å². The molecule has 5 rings (SSSR count). The average Bonchev–Trinajstić information content (AvgIpc) is 3.15. The van der Waals surface area contributed by atoms with E-state index < -0.39 is 17.8 Å². The van der Waals surface area contributed by atoms with Crippen LogP contribution in [0.15, 0.2) is 24.5 Å². The van der Waals surface area contributed by atoms with Crippen molar-refractivity contribution < 1.29 is 18.8 Å². The molecular formula is C24H28FN7O3. The van der Waals surface area contributed by atoms with Crippen LogP contribution in [0.3, 0.4) is 0 Å². The maximum Gasteiger partial charge on any atom is 0.255 e. The van der Waals surface area contributed by atoms with E-state index >= 15 is 0 Å². The molecule has 11 heteroatoms. The van der Waals surface area contributed by atoms with Crippen LogP contribution in [0.2, 0.25) is 0 Å². The summed E-state index contributed by atoms with van der Waals surface area (Å²) in [7, 11) is 3.80. The minimum atomic E-state index is -0.721. The van der Waals surface area contributed by atoms with Gasteiger partial charge in [0.2, 0.25) is 17.8 Å². The lowest BCUT2D eigenvalue weighted by Gasteiger charge is -2.37. The predicted octanol–water partition coefficient (Wildman–Crippen LogP) is 0.765. The maximum atomic E-state index is 14.6. The SMILES string of the molecule is CN(C)c1ncc(CN2CCN(c3cc(F)cc4c3CN(C3CCC(=O)NC3=O)C4=O)CC2)cn1. The Morgan fingerprint density at radius 3 is 2.46 bits per heavy atom. The quantitative estimate of drug-likeness (QED) is 0.625. The number of anilines is 2. The number of nitrogens with one attached hydrogen (secondary N) is 1. The number of hydrogen-bond donors (Lipinski definition) is 1. The molecule has 1 aromatic carbocycles. The van der Waals surface area contributed by atoms with Crippen LogP contribution in [-0.4, -0.2) is 83.8 Å². The highest BCUT2D eigenvalue weighted by Gasteiger charge is 2.41. The Balaban J connectivity index is 1.28. The third-order valence-corrected chi connectivity index (χ3v) is 6.81. The molecule has 3 aliphatic heterocycles. The van der Waals surface area contributed by atoms with E-state index in [1.165, 1.54) is 17.0 Å². The third kappa shape index (κ3) is 4.55. The largest absolute Gasteiger partial charge is 0.369 e. The predicted molar refractivity (Wildman–Crippen MR) is 126 cm³/mol. The second-order valence-electron chi connectivity index (χ2n) is 9.40. The van der Waals surface area contributed by atoms with Gasteiger partial charge in [0.1, 0.15) is 11.9 Å². The van der Waals surface area contributed by atoms with E-state index in [-0.39, 0.29) is 31.2 Å². The topological polar surface area (TPSA) is 102 Å². The molecule has 2 fully saturated rings. The first kappa shape index (κ1) is 23.2. The molecule has 0 bridgehead atoms. The molecule has 35 heavy (non-hydrogen) atoms. The number of imide groups is 1. The Kier molecular flexibility index (Phi) is 6.10. The van der Waals surface area contributed by atoms with Crippen molar-refractivity contribution in [1.29, 1.82) is 0 Å². The molecule has 2 aromatic rings. The summed E-state index contributed by atoms with van der Waals surface area (Å²) in [4.78, 5) is 53.4. The molecule has 0 radical (unpaired) electrons. The molecule has 0 spiro atoms. The van der Waals surface area contributed by atoms with Gasteiger partial charge in [0, 0.05) is 94.6 Å². The monoisotopic (exact) mass is 481 g/mol. The van der Waals surface area contributed by atoms with Gasteiger partial charge in [-0.15, -0.1) is 0 Å². The van der Waals surface area contributed by atoms with Gasteiger partial charge in [-0.3, -0.25) is 24.6 Å².